The minimum Gasteiger partial charge on any atom is -0.321 e. The van der Waals surface area contributed by atoms with Gasteiger partial charge in [0.25, 0.3) is 0 Å². The number of hydrogen-bond acceptors (Lipinski definition) is 3. The zero-order valence-electron chi connectivity index (χ0n) is 6.47. The second-order valence-corrected chi connectivity index (χ2v) is 4.07. The van der Waals surface area contributed by atoms with Gasteiger partial charge >= 0.3 is 0 Å². The van der Waals surface area contributed by atoms with E-state index in [4.69, 9.17) is 0 Å². The molecule has 0 aromatic heterocycles. The number of nitrogens with zero attached hydrogens (tertiary/aromatic N) is 1. The van der Waals surface area contributed by atoms with E-state index in [9.17, 15) is 0 Å². The van der Waals surface area contributed by atoms with Crippen molar-refractivity contribution in [2.75, 3.05) is 0 Å². The first-order chi connectivity index (χ1) is 5.86. The smallest absolute Gasteiger partial charge is 0.0548 e. The Hall–Kier alpha value is -0.540. The van der Waals surface area contributed by atoms with Crippen LogP contribution in [0.2, 0.25) is 0 Å². The first-order valence-electron chi connectivity index (χ1n) is 3.73. The summed E-state index contributed by atoms with van der Waals surface area (Å²) < 4.78 is 1.89. The lowest BCUT2D eigenvalue weighted by molar-refractivity contribution is 0.623. The molecule has 12 heavy (non-hydrogen) atoms. The topological polar surface area (TPSA) is 3.24 Å². The van der Waals surface area contributed by atoms with Crippen LogP contribution in [0.1, 0.15) is 5.56 Å². The summed E-state index contributed by atoms with van der Waals surface area (Å²) in [5.41, 5.74) is 1.34. The quantitative estimate of drug-likeness (QED) is 0.634. The van der Waals surface area contributed by atoms with Crippen molar-refractivity contribution in [3.05, 3.63) is 41.4 Å². The molecule has 0 saturated carbocycles. The molecular formula is C9H9NS2. The Balaban J connectivity index is 2.38. The maximum absolute atomic E-state index is 4.29. The number of rotatable bonds is 0. The minimum atomic E-state index is 0.878. The van der Waals surface area contributed by atoms with Crippen molar-refractivity contribution in [1.29, 1.82) is 0 Å². The third-order valence-electron chi connectivity index (χ3n) is 1.73. The van der Waals surface area contributed by atoms with Crippen molar-refractivity contribution < 1.29 is 0 Å². The third kappa shape index (κ3) is 1.62. The molecule has 0 saturated heterocycles. The van der Waals surface area contributed by atoms with Gasteiger partial charge in [-0.1, -0.05) is 42.8 Å². The van der Waals surface area contributed by atoms with Crippen molar-refractivity contribution in [2.45, 2.75) is 11.4 Å². The highest BCUT2D eigenvalue weighted by molar-refractivity contribution is 8.02. The normalized spacial score (nSPS) is 15.6. The summed E-state index contributed by atoms with van der Waals surface area (Å²) in [6.07, 6.45) is 1.98. The van der Waals surface area contributed by atoms with Crippen molar-refractivity contribution in [2.24, 2.45) is 0 Å². The van der Waals surface area contributed by atoms with Gasteiger partial charge in [0.15, 0.2) is 0 Å². The molecule has 1 aliphatic rings. The van der Waals surface area contributed by atoms with Crippen molar-refractivity contribution in [3.63, 3.8) is 0 Å². The highest BCUT2D eigenvalue weighted by atomic mass is 32.2. The molecule has 0 spiro atoms. The van der Waals surface area contributed by atoms with Gasteiger partial charge in [0.2, 0.25) is 0 Å². The van der Waals surface area contributed by atoms with Crippen LogP contribution in [0.3, 0.4) is 0 Å². The molecule has 0 bridgehead atoms. The van der Waals surface area contributed by atoms with Gasteiger partial charge in [-0.2, -0.15) is 0 Å². The summed E-state index contributed by atoms with van der Waals surface area (Å²) in [6, 6.07) is 8.40. The number of hydrogen-bond donors (Lipinski definition) is 1. The Morgan fingerprint density at radius 1 is 1.33 bits per heavy atom. The molecular weight excluding hydrogens is 186 g/mol. The Kier molecular flexibility index (Phi) is 2.33. The lowest BCUT2D eigenvalue weighted by Gasteiger charge is -2.10. The Morgan fingerprint density at radius 3 is 3.08 bits per heavy atom. The van der Waals surface area contributed by atoms with Crippen LogP contribution in [0.25, 0.3) is 0 Å². The molecule has 1 heterocycles. The van der Waals surface area contributed by atoms with E-state index in [0.717, 1.165) is 6.54 Å². The highest BCUT2D eigenvalue weighted by Crippen LogP contribution is 2.28. The zero-order chi connectivity index (χ0) is 8.39. The van der Waals surface area contributed by atoms with Crippen molar-refractivity contribution in [3.8, 4) is 0 Å². The van der Waals surface area contributed by atoms with E-state index >= 15 is 0 Å². The minimum absolute atomic E-state index is 0.878. The van der Waals surface area contributed by atoms with Crippen LogP contribution >= 0.6 is 24.6 Å². The fourth-order valence-corrected chi connectivity index (χ4v) is 2.26. The fourth-order valence-electron chi connectivity index (χ4n) is 1.15. The molecule has 0 radical (unpaired) electrons. The summed E-state index contributed by atoms with van der Waals surface area (Å²) >= 11 is 6.03. The zero-order valence-corrected chi connectivity index (χ0v) is 8.18. The molecule has 0 N–H and O–H groups in total. The van der Waals surface area contributed by atoms with Gasteiger partial charge in [-0.25, -0.2) is 0 Å². The van der Waals surface area contributed by atoms with Crippen molar-refractivity contribution >= 4 is 24.6 Å². The lowest BCUT2D eigenvalue weighted by atomic mass is 10.2. The van der Waals surface area contributed by atoms with Gasteiger partial charge in [0, 0.05) is 11.1 Å². The summed E-state index contributed by atoms with van der Waals surface area (Å²) in [5.74, 6) is 0. The Labute approximate surface area is 82.0 Å². The molecule has 0 unspecified atom stereocenters. The molecule has 1 aliphatic heterocycles. The van der Waals surface area contributed by atoms with Gasteiger partial charge in [0.05, 0.1) is 6.54 Å². The summed E-state index contributed by atoms with van der Waals surface area (Å²) in [6.45, 7) is 0.878. The maximum Gasteiger partial charge on any atom is 0.0548 e. The van der Waals surface area contributed by atoms with Crippen molar-refractivity contribution in [1.82, 2.24) is 4.31 Å². The molecule has 1 nitrogen and oxygen atoms in total. The van der Waals surface area contributed by atoms with E-state index in [0.29, 0.717) is 0 Å². The first kappa shape index (κ1) is 8.08. The van der Waals surface area contributed by atoms with Crippen LogP contribution in [-0.2, 0) is 6.54 Å². The average Bonchev–Trinajstić information content (AvgIpc) is 2.25. The van der Waals surface area contributed by atoms with Gasteiger partial charge in [-0.05, 0) is 17.0 Å². The highest BCUT2D eigenvalue weighted by Gasteiger charge is 2.05. The number of thiol groups is 1. The molecule has 1 aromatic carbocycles. The van der Waals surface area contributed by atoms with Crippen LogP contribution in [-0.4, -0.2) is 4.31 Å². The van der Waals surface area contributed by atoms with E-state index in [1.807, 2.05) is 10.5 Å². The van der Waals surface area contributed by atoms with Gasteiger partial charge < -0.3 is 4.31 Å². The molecule has 3 heteroatoms. The molecule has 0 atom stereocenters. The van der Waals surface area contributed by atoms with Crippen LogP contribution < -0.4 is 0 Å². The second-order valence-electron chi connectivity index (χ2n) is 2.61. The molecule has 0 fully saturated rings. The molecule has 2 rings (SSSR count). The fraction of sp³-hybridized carbons (Fsp3) is 0.111. The van der Waals surface area contributed by atoms with Crippen LogP contribution in [0.5, 0.6) is 0 Å². The third-order valence-corrected chi connectivity index (χ3v) is 2.92. The predicted molar refractivity (Wildman–Crippen MR) is 56.0 cm³/mol. The standard InChI is InChI=1S/C9H9NS2/c11-10-5-6-12-9-4-2-1-3-8(9)7-10/h1-6,11H,7H2. The summed E-state index contributed by atoms with van der Waals surface area (Å²) in [5, 5.41) is 2.05. The van der Waals surface area contributed by atoms with Crippen LogP contribution in [0.4, 0.5) is 0 Å². The number of thioether (sulfide) groups is 1. The SMILES string of the molecule is SN1C=CSc2ccccc2C1. The largest absolute Gasteiger partial charge is 0.321 e. The van der Waals surface area contributed by atoms with E-state index in [1.54, 1.807) is 11.8 Å². The average molecular weight is 195 g/mol. The second kappa shape index (κ2) is 3.46. The number of fused-ring (bicyclic) bond motifs is 1. The molecule has 1 aromatic rings. The first-order valence-corrected chi connectivity index (χ1v) is 5.01. The van der Waals surface area contributed by atoms with Crippen LogP contribution in [0.15, 0.2) is 40.8 Å². The maximum atomic E-state index is 4.29. The van der Waals surface area contributed by atoms with E-state index in [-0.39, 0.29) is 0 Å². The molecule has 0 amide bonds. The summed E-state index contributed by atoms with van der Waals surface area (Å²) in [7, 11) is 0. The lowest BCUT2D eigenvalue weighted by Crippen LogP contribution is -2.02. The van der Waals surface area contributed by atoms with E-state index in [2.05, 4.69) is 42.5 Å². The molecule has 0 aliphatic carbocycles. The monoisotopic (exact) mass is 195 g/mol. The van der Waals surface area contributed by atoms with Crippen LogP contribution in [0, 0.1) is 0 Å². The Bertz CT molecular complexity index is 309. The molecule has 62 valence electrons. The van der Waals surface area contributed by atoms with Gasteiger partial charge in [0.1, 0.15) is 0 Å². The summed E-state index contributed by atoms with van der Waals surface area (Å²) in [4.78, 5) is 1.32. The van der Waals surface area contributed by atoms with Gasteiger partial charge in [-0.15, -0.1) is 0 Å². The Morgan fingerprint density at radius 2 is 2.17 bits per heavy atom. The predicted octanol–water partition coefficient (Wildman–Crippen LogP) is 2.91. The van der Waals surface area contributed by atoms with E-state index < -0.39 is 0 Å². The van der Waals surface area contributed by atoms with E-state index in [1.165, 1.54) is 10.5 Å². The number of benzene rings is 1. The van der Waals surface area contributed by atoms with Gasteiger partial charge in [-0.3, -0.25) is 0 Å².